The first-order valence-electron chi connectivity index (χ1n) is 7.57. The molecule has 2 aliphatic rings. The second-order valence-corrected chi connectivity index (χ2v) is 8.90. The summed E-state index contributed by atoms with van der Waals surface area (Å²) >= 11 is 0. The highest BCUT2D eigenvalue weighted by Crippen LogP contribution is 2.41. The molecule has 0 amide bonds. The van der Waals surface area contributed by atoms with Gasteiger partial charge in [-0.05, 0) is 45.6 Å². The van der Waals surface area contributed by atoms with Gasteiger partial charge in [-0.2, -0.15) is 0 Å². The standard InChI is InChI=1S/C16H32N2/c1-14(2,3)10-17-11-16(12-17)8-7-9-18(13-16)15(4,5)6/h7-13H2,1-6H3. The Bertz CT molecular complexity index is 289. The Hall–Kier alpha value is -0.0800. The molecular weight excluding hydrogens is 220 g/mol. The second kappa shape index (κ2) is 4.49. The van der Waals surface area contributed by atoms with E-state index in [2.05, 4.69) is 51.3 Å². The van der Waals surface area contributed by atoms with E-state index >= 15 is 0 Å². The largest absolute Gasteiger partial charge is 0.302 e. The van der Waals surface area contributed by atoms with Crippen molar-refractivity contribution < 1.29 is 0 Å². The van der Waals surface area contributed by atoms with Gasteiger partial charge < -0.3 is 4.90 Å². The Labute approximate surface area is 114 Å². The van der Waals surface area contributed by atoms with E-state index in [1.807, 2.05) is 0 Å². The van der Waals surface area contributed by atoms with Crippen molar-refractivity contribution in [3.8, 4) is 0 Å². The minimum absolute atomic E-state index is 0.345. The quantitative estimate of drug-likeness (QED) is 0.707. The van der Waals surface area contributed by atoms with Crippen molar-refractivity contribution in [1.82, 2.24) is 9.80 Å². The summed E-state index contributed by atoms with van der Waals surface area (Å²) in [5, 5.41) is 0. The van der Waals surface area contributed by atoms with Gasteiger partial charge in [0, 0.05) is 37.1 Å². The zero-order valence-electron chi connectivity index (χ0n) is 13.3. The topological polar surface area (TPSA) is 6.48 Å². The fourth-order valence-corrected chi connectivity index (χ4v) is 3.72. The highest BCUT2D eigenvalue weighted by Gasteiger charge is 2.47. The third-order valence-electron chi connectivity index (χ3n) is 4.43. The third-order valence-corrected chi connectivity index (χ3v) is 4.43. The fourth-order valence-electron chi connectivity index (χ4n) is 3.72. The summed E-state index contributed by atoms with van der Waals surface area (Å²) in [6.45, 7) is 20.6. The van der Waals surface area contributed by atoms with E-state index in [0.29, 0.717) is 16.4 Å². The molecule has 0 N–H and O–H groups in total. The Morgan fingerprint density at radius 1 is 0.944 bits per heavy atom. The summed E-state index contributed by atoms with van der Waals surface area (Å²) in [6, 6.07) is 0. The molecule has 2 nitrogen and oxygen atoms in total. The molecule has 18 heavy (non-hydrogen) atoms. The maximum atomic E-state index is 2.70. The predicted octanol–water partition coefficient (Wildman–Crippen LogP) is 3.23. The molecule has 2 saturated heterocycles. The Balaban J connectivity index is 1.88. The molecule has 0 aromatic heterocycles. The number of hydrogen-bond donors (Lipinski definition) is 0. The van der Waals surface area contributed by atoms with E-state index in [1.165, 1.54) is 45.6 Å². The SMILES string of the molecule is CC(C)(C)CN1CC2(CCCN(C(C)(C)C)C2)C1. The number of piperidine rings is 1. The summed E-state index contributed by atoms with van der Waals surface area (Å²) in [5.74, 6) is 0. The fraction of sp³-hybridized carbons (Fsp3) is 1.00. The second-order valence-electron chi connectivity index (χ2n) is 8.90. The van der Waals surface area contributed by atoms with Crippen LogP contribution < -0.4 is 0 Å². The molecule has 2 rings (SSSR count). The highest BCUT2D eigenvalue weighted by molar-refractivity contribution is 5.01. The first-order valence-corrected chi connectivity index (χ1v) is 7.57. The molecule has 106 valence electrons. The van der Waals surface area contributed by atoms with Crippen molar-refractivity contribution >= 4 is 0 Å². The maximum absolute atomic E-state index is 2.70. The smallest absolute Gasteiger partial charge is 0.0125 e. The van der Waals surface area contributed by atoms with E-state index in [4.69, 9.17) is 0 Å². The van der Waals surface area contributed by atoms with E-state index in [-0.39, 0.29) is 0 Å². The molecule has 0 radical (unpaired) electrons. The van der Waals surface area contributed by atoms with Gasteiger partial charge in [-0.1, -0.05) is 20.8 Å². The molecule has 0 unspecified atom stereocenters. The van der Waals surface area contributed by atoms with Crippen LogP contribution in [-0.2, 0) is 0 Å². The van der Waals surface area contributed by atoms with Crippen LogP contribution >= 0.6 is 0 Å². The highest BCUT2D eigenvalue weighted by atomic mass is 15.3. The monoisotopic (exact) mass is 252 g/mol. The van der Waals surface area contributed by atoms with Crippen molar-refractivity contribution in [1.29, 1.82) is 0 Å². The predicted molar refractivity (Wildman–Crippen MR) is 78.9 cm³/mol. The van der Waals surface area contributed by atoms with Gasteiger partial charge in [0.25, 0.3) is 0 Å². The van der Waals surface area contributed by atoms with E-state index in [0.717, 1.165) is 0 Å². The van der Waals surface area contributed by atoms with Gasteiger partial charge in [0.15, 0.2) is 0 Å². The Morgan fingerprint density at radius 2 is 1.56 bits per heavy atom. The lowest BCUT2D eigenvalue weighted by Crippen LogP contribution is -2.65. The van der Waals surface area contributed by atoms with Crippen LogP contribution in [0.2, 0.25) is 0 Å². The molecule has 2 fully saturated rings. The summed E-state index contributed by atoms with van der Waals surface area (Å²) in [4.78, 5) is 5.36. The third kappa shape index (κ3) is 3.27. The van der Waals surface area contributed by atoms with Crippen LogP contribution in [0.4, 0.5) is 0 Å². The molecule has 1 spiro atoms. The van der Waals surface area contributed by atoms with Crippen molar-refractivity contribution in [2.24, 2.45) is 10.8 Å². The van der Waals surface area contributed by atoms with Crippen LogP contribution in [0, 0.1) is 10.8 Å². The molecule has 0 aromatic rings. The van der Waals surface area contributed by atoms with E-state index in [9.17, 15) is 0 Å². The zero-order chi connectivity index (χ0) is 13.6. The van der Waals surface area contributed by atoms with Gasteiger partial charge in [-0.25, -0.2) is 0 Å². The first kappa shape index (κ1) is 14.3. The van der Waals surface area contributed by atoms with Crippen LogP contribution in [0.1, 0.15) is 54.4 Å². The number of likely N-dealkylation sites (tertiary alicyclic amines) is 2. The molecule has 0 aliphatic carbocycles. The lowest BCUT2D eigenvalue weighted by molar-refractivity contribution is -0.0845. The van der Waals surface area contributed by atoms with Gasteiger partial charge >= 0.3 is 0 Å². The van der Waals surface area contributed by atoms with E-state index in [1.54, 1.807) is 0 Å². The summed E-state index contributed by atoms with van der Waals surface area (Å²) < 4.78 is 0. The van der Waals surface area contributed by atoms with Crippen LogP contribution in [0.15, 0.2) is 0 Å². The molecule has 2 heteroatoms. The summed E-state index contributed by atoms with van der Waals surface area (Å²) in [7, 11) is 0. The van der Waals surface area contributed by atoms with Crippen molar-refractivity contribution in [2.45, 2.75) is 59.9 Å². The molecule has 0 aromatic carbocycles. The number of rotatable bonds is 1. The van der Waals surface area contributed by atoms with Gasteiger partial charge in [-0.15, -0.1) is 0 Å². The minimum Gasteiger partial charge on any atom is -0.302 e. The normalized spacial score (nSPS) is 26.3. The molecular formula is C16H32N2. The van der Waals surface area contributed by atoms with Crippen molar-refractivity contribution in [3.05, 3.63) is 0 Å². The van der Waals surface area contributed by atoms with Crippen LogP contribution in [0.3, 0.4) is 0 Å². The molecule has 2 heterocycles. The zero-order valence-corrected chi connectivity index (χ0v) is 13.3. The molecule has 2 aliphatic heterocycles. The van der Waals surface area contributed by atoms with Crippen molar-refractivity contribution in [3.63, 3.8) is 0 Å². The summed E-state index contributed by atoms with van der Waals surface area (Å²) in [6.07, 6.45) is 2.83. The van der Waals surface area contributed by atoms with Crippen LogP contribution in [0.25, 0.3) is 0 Å². The average molecular weight is 252 g/mol. The Morgan fingerprint density at radius 3 is 2.06 bits per heavy atom. The first-order chi connectivity index (χ1) is 8.10. The van der Waals surface area contributed by atoms with Gasteiger partial charge in [0.1, 0.15) is 0 Å². The lowest BCUT2D eigenvalue weighted by Gasteiger charge is -2.58. The lowest BCUT2D eigenvalue weighted by atomic mass is 9.71. The van der Waals surface area contributed by atoms with Gasteiger partial charge in [0.05, 0.1) is 0 Å². The van der Waals surface area contributed by atoms with Crippen LogP contribution in [-0.4, -0.2) is 48.1 Å². The summed E-state index contributed by atoms with van der Waals surface area (Å²) in [5.41, 5.74) is 1.41. The molecule has 0 atom stereocenters. The minimum atomic E-state index is 0.345. The number of nitrogens with zero attached hydrogens (tertiary/aromatic N) is 2. The number of hydrogen-bond acceptors (Lipinski definition) is 2. The van der Waals surface area contributed by atoms with Crippen molar-refractivity contribution in [2.75, 3.05) is 32.7 Å². The average Bonchev–Trinajstić information content (AvgIpc) is 2.12. The maximum Gasteiger partial charge on any atom is 0.0125 e. The molecule has 0 saturated carbocycles. The Kier molecular flexibility index (Phi) is 3.57. The van der Waals surface area contributed by atoms with Crippen LogP contribution in [0.5, 0.6) is 0 Å². The molecule has 0 bridgehead atoms. The van der Waals surface area contributed by atoms with Gasteiger partial charge in [-0.3, -0.25) is 4.90 Å². The van der Waals surface area contributed by atoms with Gasteiger partial charge in [0.2, 0.25) is 0 Å². The van der Waals surface area contributed by atoms with E-state index < -0.39 is 0 Å².